The summed E-state index contributed by atoms with van der Waals surface area (Å²) in [5, 5.41) is 3.95. The highest BCUT2D eigenvalue weighted by molar-refractivity contribution is 6.70. The number of nitrogens with zero attached hydrogens (tertiary/aromatic N) is 1. The normalized spacial score (nSPS) is 15.2. The Morgan fingerprint density at radius 2 is 1.56 bits per heavy atom. The molecule has 0 aromatic heterocycles. The average molecular weight is 291 g/mol. The monoisotopic (exact) mass is 291 g/mol. The van der Waals surface area contributed by atoms with Crippen LogP contribution in [0, 0.1) is 0 Å². The lowest BCUT2D eigenvalue weighted by molar-refractivity contribution is -0.133. The highest BCUT2D eigenvalue weighted by Gasteiger charge is 2.28. The van der Waals surface area contributed by atoms with Gasteiger partial charge in [0.05, 0.1) is 13.2 Å². The Morgan fingerprint density at radius 3 is 1.89 bits per heavy atom. The van der Waals surface area contributed by atoms with Gasteiger partial charge in [-0.2, -0.15) is 0 Å². The maximum absolute atomic E-state index is 11.7. The van der Waals surface area contributed by atoms with Gasteiger partial charge in [-0.1, -0.05) is 5.16 Å². The van der Waals surface area contributed by atoms with Crippen LogP contribution in [0.3, 0.4) is 0 Å². The quantitative estimate of drug-likeness (QED) is 0.327. The van der Waals surface area contributed by atoms with Crippen LogP contribution in [0.15, 0.2) is 5.16 Å². The van der Waals surface area contributed by atoms with Crippen molar-refractivity contribution in [3.63, 3.8) is 0 Å². The zero-order valence-electron chi connectivity index (χ0n) is 12.7. The number of carbonyl (C=O) groups excluding carboxylic acids is 1. The number of ether oxygens (including phenoxy) is 1. The highest BCUT2D eigenvalue weighted by atomic mass is 28.4. The second-order valence-corrected chi connectivity index (χ2v) is 14.9. The van der Waals surface area contributed by atoms with E-state index in [4.69, 9.17) is 13.7 Å². The molecule has 0 rings (SSSR count). The maximum atomic E-state index is 11.7. The van der Waals surface area contributed by atoms with Crippen LogP contribution in [0.2, 0.25) is 39.3 Å². The van der Waals surface area contributed by atoms with E-state index in [0.29, 0.717) is 0 Å². The summed E-state index contributed by atoms with van der Waals surface area (Å²) in [6, 6.07) is 0. The lowest BCUT2D eigenvalue weighted by Crippen LogP contribution is -2.39. The van der Waals surface area contributed by atoms with Crippen LogP contribution in [-0.4, -0.2) is 41.5 Å². The van der Waals surface area contributed by atoms with E-state index in [1.165, 1.54) is 7.11 Å². The minimum absolute atomic E-state index is 0.197. The molecule has 0 aliphatic rings. The van der Waals surface area contributed by atoms with Crippen molar-refractivity contribution < 1.29 is 18.5 Å². The van der Waals surface area contributed by atoms with Crippen molar-refractivity contribution in [1.82, 2.24) is 0 Å². The first-order chi connectivity index (χ1) is 7.96. The van der Waals surface area contributed by atoms with Crippen molar-refractivity contribution in [2.45, 2.75) is 52.3 Å². The Kier molecular flexibility index (Phi) is 6.25. The Hall–Kier alpha value is -0.666. The van der Waals surface area contributed by atoms with Gasteiger partial charge in [-0.3, -0.25) is 0 Å². The molecule has 106 valence electrons. The fourth-order valence-corrected chi connectivity index (χ4v) is 2.70. The van der Waals surface area contributed by atoms with E-state index in [1.54, 1.807) is 6.92 Å². The average Bonchev–Trinajstić information content (AvgIpc) is 2.12. The zero-order chi connectivity index (χ0) is 14.6. The van der Waals surface area contributed by atoms with Gasteiger partial charge in [0.2, 0.25) is 0 Å². The van der Waals surface area contributed by atoms with Crippen molar-refractivity contribution in [1.29, 1.82) is 0 Å². The molecule has 0 saturated heterocycles. The van der Waals surface area contributed by atoms with E-state index < -0.39 is 28.7 Å². The van der Waals surface area contributed by atoms with Gasteiger partial charge in [-0.25, -0.2) is 4.79 Å². The third-order valence-corrected chi connectivity index (χ3v) is 3.43. The molecule has 0 saturated carbocycles. The van der Waals surface area contributed by atoms with Crippen molar-refractivity contribution >= 4 is 28.3 Å². The molecule has 0 spiro atoms. The maximum Gasteiger partial charge on any atom is 0.358 e. The lowest BCUT2D eigenvalue weighted by Gasteiger charge is -2.24. The van der Waals surface area contributed by atoms with Crippen molar-refractivity contribution in [2.75, 3.05) is 7.11 Å². The first kappa shape index (κ1) is 17.3. The Balaban J connectivity index is 4.95. The van der Waals surface area contributed by atoms with Gasteiger partial charge in [-0.05, 0) is 46.2 Å². The van der Waals surface area contributed by atoms with E-state index in [0.717, 1.165) is 0 Å². The van der Waals surface area contributed by atoms with E-state index in [1.807, 2.05) is 19.6 Å². The standard InChI is InChI=1S/C11H25NO4Si2/c1-9(15-17(3,4)5)10(11(13)14-2)12-16-18(6,7)8/h9H,1-8H3/b12-10-. The second-order valence-electron chi connectivity index (χ2n) is 6.04. The Bertz CT molecular complexity index is 318. The molecule has 1 unspecified atom stereocenters. The van der Waals surface area contributed by atoms with E-state index in [2.05, 4.69) is 24.8 Å². The number of methoxy groups -OCH3 is 1. The first-order valence-electron chi connectivity index (χ1n) is 5.98. The summed E-state index contributed by atoms with van der Waals surface area (Å²) in [6.45, 7) is 13.9. The van der Waals surface area contributed by atoms with E-state index in [-0.39, 0.29) is 5.71 Å². The summed E-state index contributed by atoms with van der Waals surface area (Å²) in [7, 11) is -2.25. The molecule has 0 aliphatic heterocycles. The minimum atomic E-state index is -1.82. The predicted molar refractivity (Wildman–Crippen MR) is 77.8 cm³/mol. The number of rotatable bonds is 6. The molecular formula is C11H25NO4Si2. The number of oxime groups is 1. The van der Waals surface area contributed by atoms with Gasteiger partial charge < -0.3 is 13.7 Å². The third kappa shape index (κ3) is 7.62. The molecule has 1 atom stereocenters. The number of hydrogen-bond acceptors (Lipinski definition) is 5. The topological polar surface area (TPSA) is 57.1 Å². The van der Waals surface area contributed by atoms with Crippen LogP contribution >= 0.6 is 0 Å². The fraction of sp³-hybridized carbons (Fsp3) is 0.818. The largest absolute Gasteiger partial charge is 0.464 e. The predicted octanol–water partition coefficient (Wildman–Crippen LogP) is 2.61. The molecule has 0 fully saturated rings. The van der Waals surface area contributed by atoms with Gasteiger partial charge >= 0.3 is 5.97 Å². The summed E-state index contributed by atoms with van der Waals surface area (Å²) in [5.74, 6) is -0.501. The lowest BCUT2D eigenvalue weighted by atomic mass is 10.2. The molecule has 0 bridgehead atoms. The van der Waals surface area contributed by atoms with Gasteiger partial charge in [0.1, 0.15) is 0 Å². The summed E-state index contributed by atoms with van der Waals surface area (Å²) in [5.41, 5.74) is 0.197. The van der Waals surface area contributed by atoms with Gasteiger partial charge in [0.25, 0.3) is 8.32 Å². The van der Waals surface area contributed by atoms with Crippen LogP contribution in [0.4, 0.5) is 0 Å². The summed E-state index contributed by atoms with van der Waals surface area (Å²) < 4.78 is 16.0. The number of carbonyl (C=O) groups is 1. The Labute approximate surface area is 112 Å². The van der Waals surface area contributed by atoms with E-state index in [9.17, 15) is 4.79 Å². The van der Waals surface area contributed by atoms with Crippen LogP contribution in [0.1, 0.15) is 6.92 Å². The molecule has 0 aliphatic carbocycles. The third-order valence-electron chi connectivity index (χ3n) is 1.73. The van der Waals surface area contributed by atoms with Gasteiger partial charge in [0, 0.05) is 0 Å². The fourth-order valence-electron chi connectivity index (χ4n) is 1.15. The SMILES string of the molecule is COC(=O)/C(=N\O[Si](C)(C)C)C(C)O[Si](C)(C)C. The molecule has 0 N–H and O–H groups in total. The van der Waals surface area contributed by atoms with Gasteiger partial charge in [0.15, 0.2) is 14.0 Å². The van der Waals surface area contributed by atoms with E-state index >= 15 is 0 Å². The number of esters is 1. The van der Waals surface area contributed by atoms with Crippen LogP contribution in [-0.2, 0) is 18.5 Å². The zero-order valence-corrected chi connectivity index (χ0v) is 14.7. The molecule has 0 radical (unpaired) electrons. The molecule has 0 aromatic rings. The summed E-state index contributed by atoms with van der Waals surface area (Å²) in [4.78, 5) is 11.7. The van der Waals surface area contributed by atoms with Gasteiger partial charge in [-0.15, -0.1) is 0 Å². The second kappa shape index (κ2) is 6.49. The number of hydrogen-bond donors (Lipinski definition) is 0. The molecule has 5 nitrogen and oxygen atoms in total. The summed E-state index contributed by atoms with van der Waals surface area (Å²) >= 11 is 0. The van der Waals surface area contributed by atoms with Crippen molar-refractivity contribution in [2.24, 2.45) is 5.16 Å². The molecule has 7 heteroatoms. The summed E-state index contributed by atoms with van der Waals surface area (Å²) in [6.07, 6.45) is -0.416. The Morgan fingerprint density at radius 1 is 1.06 bits per heavy atom. The highest BCUT2D eigenvalue weighted by Crippen LogP contribution is 2.11. The molecule has 0 amide bonds. The van der Waals surface area contributed by atoms with Crippen LogP contribution in [0.5, 0.6) is 0 Å². The molecule has 0 heterocycles. The molecular weight excluding hydrogens is 266 g/mol. The van der Waals surface area contributed by atoms with Crippen LogP contribution in [0.25, 0.3) is 0 Å². The smallest absolute Gasteiger partial charge is 0.358 e. The first-order valence-corrected chi connectivity index (χ1v) is 12.8. The van der Waals surface area contributed by atoms with Crippen LogP contribution < -0.4 is 0 Å². The van der Waals surface area contributed by atoms with Crippen molar-refractivity contribution in [3.8, 4) is 0 Å². The molecule has 18 heavy (non-hydrogen) atoms. The minimum Gasteiger partial charge on any atom is -0.464 e. The molecule has 0 aromatic carbocycles. The van der Waals surface area contributed by atoms with Crippen molar-refractivity contribution in [3.05, 3.63) is 0 Å².